The molecule has 0 aliphatic rings. The first-order chi connectivity index (χ1) is 23.4. The smallest absolute Gasteiger partial charge is 0.346 e. The fraction of sp³-hybridized carbons (Fsp3) is 0.421. The molecule has 0 aliphatic heterocycles. The van der Waals surface area contributed by atoms with Crippen LogP contribution in [0.1, 0.15) is 70.8 Å². The first kappa shape index (κ1) is 38.1. The Hall–Kier alpha value is -4.40. The van der Waals surface area contributed by atoms with Crippen LogP contribution in [0.15, 0.2) is 78.4 Å². The number of rotatable bonds is 23. The van der Waals surface area contributed by atoms with Crippen molar-refractivity contribution in [3.05, 3.63) is 83.9 Å². The van der Waals surface area contributed by atoms with E-state index in [2.05, 4.69) is 88.1 Å². The van der Waals surface area contributed by atoms with Crippen molar-refractivity contribution in [1.29, 1.82) is 5.26 Å². The van der Waals surface area contributed by atoms with Gasteiger partial charge in [0.25, 0.3) is 0 Å². The molecule has 0 unspecified atom stereocenters. The summed E-state index contributed by atoms with van der Waals surface area (Å²) in [5, 5.41) is 23.0. The van der Waals surface area contributed by atoms with Crippen molar-refractivity contribution >= 4 is 40.5 Å². The zero-order valence-corrected chi connectivity index (χ0v) is 28.7. The number of nitriles is 1. The molecule has 10 heteroatoms. The largest absolute Gasteiger partial charge is 0.477 e. The van der Waals surface area contributed by atoms with Gasteiger partial charge >= 0.3 is 5.97 Å². The zero-order valence-electron chi connectivity index (χ0n) is 28.7. The summed E-state index contributed by atoms with van der Waals surface area (Å²) in [5.41, 5.74) is 24.1. The van der Waals surface area contributed by atoms with E-state index in [1.54, 1.807) is 6.07 Å². The number of nitrogens with zero attached hydrogens (tertiary/aromatic N) is 4. The summed E-state index contributed by atoms with van der Waals surface area (Å²) in [6.45, 7) is 9.30. The number of carboxylic acid groups (broad SMARTS) is 1. The molecule has 0 saturated heterocycles. The lowest BCUT2D eigenvalue weighted by Gasteiger charge is -2.29. The maximum atomic E-state index is 11.4. The lowest BCUT2D eigenvalue weighted by Crippen LogP contribution is -2.39. The second kappa shape index (κ2) is 21.5. The standard InChI is InChI=1S/C38H54N8O2/c1-3-5-25-42-44(27-9-7-23-39)33-15-19-36(20-16-33)46(35-13-11-31(12-14-35)29-32(30-41)38(47)48)37-21-17-34(18-22-37)45(28-10-8-24-40)43-26-6-4-2/h11-22,29,42-43H,3-10,23-28,39-40H2,1-2H3,(H,47,48)/b32-29+. The van der Waals surface area contributed by atoms with Crippen molar-refractivity contribution in [1.82, 2.24) is 10.9 Å². The van der Waals surface area contributed by atoms with Crippen LogP contribution in [0.25, 0.3) is 6.08 Å². The van der Waals surface area contributed by atoms with Crippen LogP contribution in [0.3, 0.4) is 0 Å². The monoisotopic (exact) mass is 654 g/mol. The third kappa shape index (κ3) is 12.0. The minimum absolute atomic E-state index is 0.307. The van der Waals surface area contributed by atoms with Gasteiger partial charge in [-0.2, -0.15) is 5.26 Å². The first-order valence-corrected chi connectivity index (χ1v) is 17.3. The number of benzene rings is 3. The molecule has 0 heterocycles. The number of anilines is 5. The molecule has 0 spiro atoms. The highest BCUT2D eigenvalue weighted by Gasteiger charge is 2.16. The molecule has 3 rings (SSSR count). The minimum atomic E-state index is -1.24. The molecule has 0 saturated carbocycles. The molecule has 258 valence electrons. The van der Waals surface area contributed by atoms with Crippen LogP contribution >= 0.6 is 0 Å². The Bertz CT molecular complexity index is 1330. The van der Waals surface area contributed by atoms with Crippen LogP contribution in [0, 0.1) is 11.3 Å². The fourth-order valence-electron chi connectivity index (χ4n) is 5.25. The number of hydrogen-bond donors (Lipinski definition) is 5. The van der Waals surface area contributed by atoms with Crippen molar-refractivity contribution in [2.75, 3.05) is 54.2 Å². The fourth-order valence-corrected chi connectivity index (χ4v) is 5.25. The van der Waals surface area contributed by atoms with Crippen LogP contribution in [0.5, 0.6) is 0 Å². The highest BCUT2D eigenvalue weighted by atomic mass is 16.4. The summed E-state index contributed by atoms with van der Waals surface area (Å²) in [5.74, 6) is -1.24. The molecule has 0 fully saturated rings. The van der Waals surface area contributed by atoms with Gasteiger partial charge in [-0.05, 0) is 124 Å². The van der Waals surface area contributed by atoms with E-state index in [9.17, 15) is 15.2 Å². The van der Waals surface area contributed by atoms with Gasteiger partial charge < -0.3 is 31.5 Å². The van der Waals surface area contributed by atoms with E-state index < -0.39 is 5.97 Å². The SMILES string of the molecule is CCCCNN(CCCCN)c1ccc(N(c2ccc(/C=C(\C#N)C(=O)O)cc2)c2ccc(N(CCCCN)NCCCC)cc2)cc1. The Morgan fingerprint density at radius 2 is 1.08 bits per heavy atom. The molecule has 7 N–H and O–H groups in total. The number of unbranched alkanes of at least 4 members (excludes halogenated alkanes) is 4. The molecular formula is C38H54N8O2. The Labute approximate surface area is 287 Å². The van der Waals surface area contributed by atoms with Gasteiger partial charge in [-0.1, -0.05) is 38.8 Å². The average molecular weight is 655 g/mol. The molecule has 3 aromatic carbocycles. The summed E-state index contributed by atoms with van der Waals surface area (Å²) in [6, 6.07) is 26.3. The van der Waals surface area contributed by atoms with Crippen molar-refractivity contribution in [2.24, 2.45) is 11.5 Å². The predicted octanol–water partition coefficient (Wildman–Crippen LogP) is 6.85. The van der Waals surface area contributed by atoms with E-state index >= 15 is 0 Å². The van der Waals surface area contributed by atoms with Gasteiger partial charge in [-0.25, -0.2) is 15.6 Å². The number of carbonyl (C=O) groups is 1. The molecule has 0 atom stereocenters. The van der Waals surface area contributed by atoms with E-state index in [1.807, 2.05) is 24.3 Å². The van der Waals surface area contributed by atoms with Gasteiger partial charge in [0.15, 0.2) is 0 Å². The Morgan fingerprint density at radius 1 is 0.688 bits per heavy atom. The Balaban J connectivity index is 1.98. The van der Waals surface area contributed by atoms with Gasteiger partial charge in [-0.3, -0.25) is 0 Å². The Kier molecular flexibility index (Phi) is 17.0. The van der Waals surface area contributed by atoms with Crippen LogP contribution < -0.4 is 37.2 Å². The van der Waals surface area contributed by atoms with Gasteiger partial charge in [-0.15, -0.1) is 0 Å². The van der Waals surface area contributed by atoms with Crippen LogP contribution in [-0.4, -0.2) is 50.3 Å². The topological polar surface area (TPSA) is 147 Å². The summed E-state index contributed by atoms with van der Waals surface area (Å²) in [6.07, 6.45) is 9.78. The number of carboxylic acids is 1. The molecule has 0 amide bonds. The minimum Gasteiger partial charge on any atom is -0.477 e. The lowest BCUT2D eigenvalue weighted by molar-refractivity contribution is -0.132. The summed E-state index contributed by atoms with van der Waals surface area (Å²) in [7, 11) is 0. The molecule has 48 heavy (non-hydrogen) atoms. The first-order valence-electron chi connectivity index (χ1n) is 17.3. The van der Waals surface area contributed by atoms with Crippen LogP contribution in [-0.2, 0) is 4.79 Å². The number of aliphatic carboxylic acids is 1. The van der Waals surface area contributed by atoms with Crippen molar-refractivity contribution in [3.63, 3.8) is 0 Å². The maximum absolute atomic E-state index is 11.4. The van der Waals surface area contributed by atoms with Crippen molar-refractivity contribution in [3.8, 4) is 6.07 Å². The third-order valence-corrected chi connectivity index (χ3v) is 7.99. The molecule has 10 nitrogen and oxygen atoms in total. The second-order valence-electron chi connectivity index (χ2n) is 11.8. The third-order valence-electron chi connectivity index (χ3n) is 7.99. The summed E-state index contributed by atoms with van der Waals surface area (Å²) < 4.78 is 0. The van der Waals surface area contributed by atoms with Crippen LogP contribution in [0.4, 0.5) is 28.4 Å². The molecule has 0 bridgehead atoms. The Morgan fingerprint density at radius 3 is 1.44 bits per heavy atom. The summed E-state index contributed by atoms with van der Waals surface area (Å²) >= 11 is 0. The van der Waals surface area contributed by atoms with E-state index in [4.69, 9.17) is 11.5 Å². The number of nitrogens with two attached hydrogens (primary N) is 2. The average Bonchev–Trinajstić information content (AvgIpc) is 3.11. The quantitative estimate of drug-likeness (QED) is 0.0318. The molecule has 0 aliphatic carbocycles. The highest BCUT2D eigenvalue weighted by molar-refractivity contribution is 5.96. The number of hydrazine groups is 2. The normalized spacial score (nSPS) is 11.3. The predicted molar refractivity (Wildman–Crippen MR) is 199 cm³/mol. The van der Waals surface area contributed by atoms with Gasteiger partial charge in [0.05, 0.1) is 11.4 Å². The highest BCUT2D eigenvalue weighted by Crippen LogP contribution is 2.36. The van der Waals surface area contributed by atoms with Gasteiger partial charge in [0.2, 0.25) is 0 Å². The number of nitrogens with one attached hydrogen (secondary N) is 2. The van der Waals surface area contributed by atoms with Gasteiger partial charge in [0, 0.05) is 43.2 Å². The molecular weight excluding hydrogens is 600 g/mol. The maximum Gasteiger partial charge on any atom is 0.346 e. The molecule has 0 radical (unpaired) electrons. The second-order valence-corrected chi connectivity index (χ2v) is 11.8. The van der Waals surface area contributed by atoms with Gasteiger partial charge in [0.1, 0.15) is 11.6 Å². The molecule has 0 aromatic heterocycles. The zero-order chi connectivity index (χ0) is 34.6. The van der Waals surface area contributed by atoms with Crippen molar-refractivity contribution < 1.29 is 9.90 Å². The van der Waals surface area contributed by atoms with Crippen LogP contribution in [0.2, 0.25) is 0 Å². The van der Waals surface area contributed by atoms with Crippen molar-refractivity contribution in [2.45, 2.75) is 65.2 Å². The lowest BCUT2D eigenvalue weighted by atomic mass is 10.1. The number of hydrogen-bond acceptors (Lipinski definition) is 9. The van der Waals surface area contributed by atoms with E-state index in [0.29, 0.717) is 18.7 Å². The van der Waals surface area contributed by atoms with E-state index in [1.165, 1.54) is 6.08 Å². The molecule has 3 aromatic rings. The van der Waals surface area contributed by atoms with E-state index in [0.717, 1.165) is 106 Å². The summed E-state index contributed by atoms with van der Waals surface area (Å²) in [4.78, 5) is 13.6. The van der Waals surface area contributed by atoms with E-state index in [-0.39, 0.29) is 5.57 Å².